The number of thiocarbonyl (C=S) groups is 1. The number of nitrogens with one attached hydrogen (secondary N) is 2. The molecule has 0 radical (unpaired) electrons. The Morgan fingerprint density at radius 2 is 2.33 bits per heavy atom. The van der Waals surface area contributed by atoms with Crippen molar-refractivity contribution in [3.63, 3.8) is 0 Å². The van der Waals surface area contributed by atoms with E-state index in [0.717, 1.165) is 17.5 Å². The Kier molecular flexibility index (Phi) is 6.02. The van der Waals surface area contributed by atoms with Gasteiger partial charge in [-0.2, -0.15) is 0 Å². The Balaban J connectivity index is 1.64. The number of aromatic amines is 1. The van der Waals surface area contributed by atoms with Crippen LogP contribution in [0.5, 0.6) is 0 Å². The van der Waals surface area contributed by atoms with Gasteiger partial charge in [0.15, 0.2) is 0 Å². The van der Waals surface area contributed by atoms with Crippen LogP contribution in [-0.4, -0.2) is 43.6 Å². The summed E-state index contributed by atoms with van der Waals surface area (Å²) in [5.74, 6) is -1.03. The number of aromatic nitrogens is 2. The molecule has 1 aliphatic rings. The van der Waals surface area contributed by atoms with Crippen LogP contribution in [0.2, 0.25) is 0 Å². The van der Waals surface area contributed by atoms with Crippen LogP contribution in [0.25, 0.3) is 6.08 Å². The molecule has 140 valence electrons. The summed E-state index contributed by atoms with van der Waals surface area (Å²) in [6.45, 7) is 2.04. The lowest BCUT2D eigenvalue weighted by molar-refractivity contribution is -0.132. The van der Waals surface area contributed by atoms with E-state index in [1.165, 1.54) is 17.0 Å². The molecule has 1 aromatic heterocycles. The first-order valence-electron chi connectivity index (χ1n) is 8.23. The lowest BCUT2D eigenvalue weighted by Crippen LogP contribution is -2.47. The van der Waals surface area contributed by atoms with Gasteiger partial charge in [-0.25, -0.2) is 9.37 Å². The van der Waals surface area contributed by atoms with Crippen molar-refractivity contribution < 1.29 is 14.0 Å². The first-order valence-corrected chi connectivity index (χ1v) is 9.46. The number of rotatable bonds is 6. The number of hydrogen-bond donors (Lipinski definition) is 2. The number of carbonyl (C=O) groups is 2. The number of H-pyrrole nitrogens is 1. The molecule has 0 saturated carbocycles. The fourth-order valence-electron chi connectivity index (χ4n) is 2.57. The molecular formula is C18H17FN4O2S2. The van der Waals surface area contributed by atoms with Crippen molar-refractivity contribution in [1.29, 1.82) is 0 Å². The van der Waals surface area contributed by atoms with Gasteiger partial charge >= 0.3 is 0 Å². The fraction of sp³-hybridized carbons (Fsp3) is 0.222. The number of halogens is 1. The summed E-state index contributed by atoms with van der Waals surface area (Å²) in [5.41, 5.74) is 1.47. The summed E-state index contributed by atoms with van der Waals surface area (Å²) in [6, 6.07) is 5.19. The van der Waals surface area contributed by atoms with Gasteiger partial charge in [0.2, 0.25) is 5.91 Å². The molecule has 6 nitrogen and oxygen atoms in total. The highest BCUT2D eigenvalue weighted by atomic mass is 32.2. The highest BCUT2D eigenvalue weighted by Gasteiger charge is 2.38. The van der Waals surface area contributed by atoms with Crippen molar-refractivity contribution in [2.24, 2.45) is 0 Å². The molecule has 2 amide bonds. The third kappa shape index (κ3) is 4.61. The van der Waals surface area contributed by atoms with Crippen LogP contribution in [0.1, 0.15) is 18.2 Å². The van der Waals surface area contributed by atoms with Gasteiger partial charge in [0.05, 0.1) is 11.2 Å². The summed E-state index contributed by atoms with van der Waals surface area (Å²) in [4.78, 5) is 33.6. The molecule has 1 aromatic carbocycles. The summed E-state index contributed by atoms with van der Waals surface area (Å²) in [6.07, 6.45) is 5.45. The van der Waals surface area contributed by atoms with Gasteiger partial charge in [-0.3, -0.25) is 14.5 Å². The van der Waals surface area contributed by atoms with Crippen LogP contribution in [0, 0.1) is 5.82 Å². The molecule has 2 aromatic rings. The average molecular weight is 404 g/mol. The predicted molar refractivity (Wildman–Crippen MR) is 106 cm³/mol. The number of amides is 2. The molecule has 1 atom stereocenters. The molecule has 0 bridgehead atoms. The average Bonchev–Trinajstić information content (AvgIpc) is 3.23. The highest BCUT2D eigenvalue weighted by molar-refractivity contribution is 8.26. The maximum Gasteiger partial charge on any atom is 0.266 e. The Labute approximate surface area is 165 Å². The molecule has 3 rings (SSSR count). The summed E-state index contributed by atoms with van der Waals surface area (Å²) in [5, 5.41) is 2.79. The van der Waals surface area contributed by atoms with E-state index in [4.69, 9.17) is 12.2 Å². The SMILES string of the molecule is C[C@@H](C(=O)NCCc1cnc[nH]1)N1C(=O)/C(=C\c2cccc(F)c2)SC1=S. The van der Waals surface area contributed by atoms with Gasteiger partial charge in [-0.1, -0.05) is 36.1 Å². The second-order valence-corrected chi connectivity index (χ2v) is 7.58. The van der Waals surface area contributed by atoms with Gasteiger partial charge in [0, 0.05) is 24.9 Å². The smallest absolute Gasteiger partial charge is 0.266 e. The van der Waals surface area contributed by atoms with Gasteiger partial charge in [-0.05, 0) is 30.7 Å². The number of carbonyl (C=O) groups excluding carboxylic acids is 2. The number of imidazole rings is 1. The lowest BCUT2D eigenvalue weighted by atomic mass is 10.2. The van der Waals surface area contributed by atoms with Crippen molar-refractivity contribution in [1.82, 2.24) is 20.2 Å². The van der Waals surface area contributed by atoms with Crippen LogP contribution < -0.4 is 5.32 Å². The fourth-order valence-corrected chi connectivity index (χ4v) is 3.99. The minimum Gasteiger partial charge on any atom is -0.354 e. The molecule has 0 unspecified atom stereocenters. The maximum absolute atomic E-state index is 13.3. The normalized spacial score (nSPS) is 16.8. The minimum absolute atomic E-state index is 0.294. The van der Waals surface area contributed by atoms with Gasteiger partial charge in [0.25, 0.3) is 5.91 Å². The molecule has 9 heteroatoms. The lowest BCUT2D eigenvalue weighted by Gasteiger charge is -2.22. The van der Waals surface area contributed by atoms with Crippen LogP contribution in [0.4, 0.5) is 4.39 Å². The monoisotopic (exact) mass is 404 g/mol. The van der Waals surface area contributed by atoms with Crippen LogP contribution in [-0.2, 0) is 16.0 Å². The van der Waals surface area contributed by atoms with Crippen molar-refractivity contribution in [2.75, 3.05) is 6.54 Å². The van der Waals surface area contributed by atoms with E-state index in [-0.39, 0.29) is 17.6 Å². The quantitative estimate of drug-likeness (QED) is 0.571. The van der Waals surface area contributed by atoms with E-state index >= 15 is 0 Å². The molecular weight excluding hydrogens is 387 g/mol. The molecule has 1 saturated heterocycles. The first kappa shape index (κ1) is 19.2. The third-order valence-electron chi connectivity index (χ3n) is 3.99. The zero-order chi connectivity index (χ0) is 19.4. The Hall–Kier alpha value is -2.52. The van der Waals surface area contributed by atoms with Crippen molar-refractivity contribution in [3.8, 4) is 0 Å². The molecule has 0 aliphatic carbocycles. The summed E-state index contributed by atoms with van der Waals surface area (Å²) < 4.78 is 13.6. The summed E-state index contributed by atoms with van der Waals surface area (Å²) in [7, 11) is 0. The van der Waals surface area contributed by atoms with Crippen molar-refractivity contribution in [2.45, 2.75) is 19.4 Å². The molecule has 2 heterocycles. The largest absolute Gasteiger partial charge is 0.354 e. The zero-order valence-corrected chi connectivity index (χ0v) is 16.1. The van der Waals surface area contributed by atoms with Crippen molar-refractivity contribution in [3.05, 3.63) is 58.8 Å². The van der Waals surface area contributed by atoms with Crippen LogP contribution in [0.3, 0.4) is 0 Å². The van der Waals surface area contributed by atoms with Gasteiger partial charge in [-0.15, -0.1) is 0 Å². The van der Waals surface area contributed by atoms with E-state index in [9.17, 15) is 14.0 Å². The Bertz CT molecular complexity index is 899. The maximum atomic E-state index is 13.3. The highest BCUT2D eigenvalue weighted by Crippen LogP contribution is 2.34. The van der Waals surface area contributed by atoms with Gasteiger partial charge < -0.3 is 10.3 Å². The summed E-state index contributed by atoms with van der Waals surface area (Å²) >= 11 is 6.37. The molecule has 2 N–H and O–H groups in total. The molecule has 1 aliphatic heterocycles. The Morgan fingerprint density at radius 3 is 3.04 bits per heavy atom. The van der Waals surface area contributed by atoms with Crippen LogP contribution in [0.15, 0.2) is 41.7 Å². The van der Waals surface area contributed by atoms with Crippen molar-refractivity contribution >= 4 is 46.2 Å². The van der Waals surface area contributed by atoms with E-state index in [1.54, 1.807) is 37.7 Å². The predicted octanol–water partition coefficient (Wildman–Crippen LogP) is 2.50. The molecule has 27 heavy (non-hydrogen) atoms. The molecule has 0 spiro atoms. The third-order valence-corrected chi connectivity index (χ3v) is 5.32. The number of nitrogens with zero attached hydrogens (tertiary/aromatic N) is 2. The minimum atomic E-state index is -0.738. The topological polar surface area (TPSA) is 78.1 Å². The van der Waals surface area contributed by atoms with Crippen LogP contribution >= 0.6 is 24.0 Å². The standard InChI is InChI=1S/C18H17FN4O2S2/c1-11(16(24)21-6-5-14-9-20-10-22-14)23-17(25)15(27-18(23)26)8-12-3-2-4-13(19)7-12/h2-4,7-11H,5-6H2,1H3,(H,20,22)(H,21,24)/b15-8+/t11-/m0/s1. The first-order chi connectivity index (χ1) is 13.0. The second-order valence-electron chi connectivity index (χ2n) is 5.90. The van der Waals surface area contributed by atoms with E-state index in [2.05, 4.69) is 15.3 Å². The van der Waals surface area contributed by atoms with E-state index < -0.39 is 6.04 Å². The van der Waals surface area contributed by atoms with E-state index in [0.29, 0.717) is 27.8 Å². The van der Waals surface area contributed by atoms with Gasteiger partial charge in [0.1, 0.15) is 16.2 Å². The number of hydrogen-bond acceptors (Lipinski definition) is 5. The number of benzene rings is 1. The number of thioether (sulfide) groups is 1. The molecule has 1 fully saturated rings. The second kappa shape index (κ2) is 8.45. The van der Waals surface area contributed by atoms with E-state index in [1.807, 2.05) is 0 Å². The zero-order valence-electron chi connectivity index (χ0n) is 14.4. The Morgan fingerprint density at radius 1 is 1.52 bits per heavy atom.